The van der Waals surface area contributed by atoms with Crippen molar-refractivity contribution in [2.75, 3.05) is 0 Å². The second-order valence-corrected chi connectivity index (χ2v) is 10.1. The van der Waals surface area contributed by atoms with E-state index in [1.807, 2.05) is 82.3 Å². The number of rotatable bonds is 2. The van der Waals surface area contributed by atoms with E-state index in [1.54, 1.807) is 12.1 Å². The van der Waals surface area contributed by atoms with Gasteiger partial charge in [0, 0.05) is 32.9 Å². The highest BCUT2D eigenvalue weighted by molar-refractivity contribution is 6.62. The van der Waals surface area contributed by atoms with Crippen molar-refractivity contribution < 1.29 is 19.5 Å². The number of aromatic hydroxyl groups is 2. The van der Waals surface area contributed by atoms with Crippen molar-refractivity contribution in [3.8, 4) is 22.6 Å². The highest BCUT2D eigenvalue weighted by Gasteiger charge is 2.51. The summed E-state index contributed by atoms with van der Waals surface area (Å²) in [6.45, 7) is 8.15. The number of phenols is 2. The van der Waals surface area contributed by atoms with Crippen molar-refractivity contribution in [2.24, 2.45) is 0 Å². The molecule has 1 aliphatic heterocycles. The molecule has 1 saturated heterocycles. The first-order valence-corrected chi connectivity index (χ1v) is 11.5. The van der Waals surface area contributed by atoms with Gasteiger partial charge in [-0.05, 0) is 68.2 Å². The van der Waals surface area contributed by atoms with Crippen LogP contribution in [0.4, 0.5) is 0 Å². The smallest absolute Gasteiger partial charge is 0.494 e. The van der Waals surface area contributed by atoms with Crippen molar-refractivity contribution in [3.63, 3.8) is 0 Å². The summed E-state index contributed by atoms with van der Waals surface area (Å²) < 4.78 is 12.5. The Morgan fingerprint density at radius 1 is 0.706 bits per heavy atom. The Balaban J connectivity index is 1.58. The normalized spacial score (nSPS) is 17.2. The van der Waals surface area contributed by atoms with Gasteiger partial charge in [0.05, 0.1) is 11.2 Å². The van der Waals surface area contributed by atoms with Crippen LogP contribution in [0.2, 0.25) is 0 Å². The molecular weight excluding hydrogens is 425 g/mol. The Labute approximate surface area is 198 Å². The summed E-state index contributed by atoms with van der Waals surface area (Å²) in [5, 5.41) is 25.6. The molecule has 0 radical (unpaired) electrons. The lowest BCUT2D eigenvalue weighted by atomic mass is 9.77. The second-order valence-electron chi connectivity index (χ2n) is 10.1. The Hall–Kier alpha value is -3.48. The summed E-state index contributed by atoms with van der Waals surface area (Å²) in [6.07, 6.45) is 0. The third-order valence-electron chi connectivity index (χ3n) is 7.45. The van der Waals surface area contributed by atoms with Crippen LogP contribution in [0.25, 0.3) is 43.7 Å². The molecule has 6 heteroatoms. The first-order valence-electron chi connectivity index (χ1n) is 11.5. The van der Waals surface area contributed by atoms with E-state index in [2.05, 4.69) is 4.98 Å². The number of hydrogen-bond acceptors (Lipinski definition) is 4. The number of benzene rings is 4. The van der Waals surface area contributed by atoms with Crippen LogP contribution in [0.15, 0.2) is 66.7 Å². The van der Waals surface area contributed by atoms with Gasteiger partial charge in [-0.2, -0.15) is 0 Å². The third-order valence-corrected chi connectivity index (χ3v) is 7.45. The van der Waals surface area contributed by atoms with Crippen molar-refractivity contribution in [3.05, 3.63) is 66.7 Å². The van der Waals surface area contributed by atoms with Crippen LogP contribution < -0.4 is 5.46 Å². The molecule has 6 rings (SSSR count). The molecule has 2 heterocycles. The van der Waals surface area contributed by atoms with E-state index in [0.717, 1.165) is 38.0 Å². The van der Waals surface area contributed by atoms with Crippen molar-refractivity contribution in [1.29, 1.82) is 0 Å². The molecule has 170 valence electrons. The number of para-hydroxylation sites is 1. The van der Waals surface area contributed by atoms with Gasteiger partial charge in [-0.15, -0.1) is 0 Å². The Morgan fingerprint density at radius 3 is 2.15 bits per heavy atom. The maximum Gasteiger partial charge on any atom is 0.494 e. The van der Waals surface area contributed by atoms with E-state index in [0.29, 0.717) is 11.1 Å². The predicted octanol–water partition coefficient (Wildman–Crippen LogP) is 5.85. The van der Waals surface area contributed by atoms with E-state index in [4.69, 9.17) is 9.31 Å². The van der Waals surface area contributed by atoms with Crippen molar-refractivity contribution >= 4 is 45.2 Å². The number of H-pyrrole nitrogens is 1. The number of nitrogens with one attached hydrogen (secondary N) is 1. The van der Waals surface area contributed by atoms with Gasteiger partial charge in [0.2, 0.25) is 0 Å². The number of fused-ring (bicyclic) bond motifs is 4. The molecule has 0 saturated carbocycles. The fraction of sp³-hybridized carbons (Fsp3) is 0.214. The van der Waals surface area contributed by atoms with Crippen LogP contribution in [-0.2, 0) is 9.31 Å². The van der Waals surface area contributed by atoms with Crippen LogP contribution >= 0.6 is 0 Å². The molecular formula is C28H26BNO4. The number of aromatic amines is 1. The summed E-state index contributed by atoms with van der Waals surface area (Å²) >= 11 is 0. The van der Waals surface area contributed by atoms with Gasteiger partial charge in [-0.3, -0.25) is 0 Å². The molecule has 0 atom stereocenters. The number of aromatic nitrogens is 1. The molecule has 0 unspecified atom stereocenters. The minimum Gasteiger partial charge on any atom is -0.507 e. The molecule has 0 spiro atoms. The Bertz CT molecular complexity index is 1590. The molecule has 5 nitrogen and oxygen atoms in total. The molecule has 1 aliphatic rings. The zero-order chi connectivity index (χ0) is 23.8. The zero-order valence-corrected chi connectivity index (χ0v) is 19.6. The van der Waals surface area contributed by atoms with Gasteiger partial charge >= 0.3 is 7.12 Å². The molecule has 34 heavy (non-hydrogen) atoms. The number of hydrogen-bond donors (Lipinski definition) is 3. The fourth-order valence-electron chi connectivity index (χ4n) is 4.91. The maximum atomic E-state index is 11.0. The largest absolute Gasteiger partial charge is 0.507 e. The van der Waals surface area contributed by atoms with Crippen molar-refractivity contribution in [1.82, 2.24) is 4.98 Å². The van der Waals surface area contributed by atoms with Crippen LogP contribution in [0.3, 0.4) is 0 Å². The average molecular weight is 451 g/mol. The SMILES string of the molecule is CC1(C)OB(c2ccc3c(-c4c(O)ccc5[nH]c6ccccc6c45)c(O)ccc3c2)OC1(C)C. The maximum absolute atomic E-state index is 11.0. The van der Waals surface area contributed by atoms with Crippen molar-refractivity contribution in [2.45, 2.75) is 38.9 Å². The Kier molecular flexibility index (Phi) is 4.35. The van der Waals surface area contributed by atoms with Crippen LogP contribution in [0.1, 0.15) is 27.7 Å². The summed E-state index contributed by atoms with van der Waals surface area (Å²) in [4.78, 5) is 3.42. The molecule has 5 aromatic rings. The quantitative estimate of drug-likeness (QED) is 0.294. The average Bonchev–Trinajstić information content (AvgIpc) is 3.27. The summed E-state index contributed by atoms with van der Waals surface area (Å²) in [5.74, 6) is 0.235. The highest BCUT2D eigenvalue weighted by Crippen LogP contribution is 2.46. The van der Waals surface area contributed by atoms with E-state index in [1.165, 1.54) is 0 Å². The molecule has 1 aromatic heterocycles. The molecule has 0 bridgehead atoms. The van der Waals surface area contributed by atoms with E-state index in [-0.39, 0.29) is 11.5 Å². The van der Waals surface area contributed by atoms with Gasteiger partial charge in [0.1, 0.15) is 11.5 Å². The van der Waals surface area contributed by atoms with Crippen LogP contribution in [0, 0.1) is 0 Å². The van der Waals surface area contributed by atoms with Gasteiger partial charge < -0.3 is 24.5 Å². The minimum absolute atomic E-state index is 0.115. The minimum atomic E-state index is -0.475. The van der Waals surface area contributed by atoms with Gasteiger partial charge in [-0.25, -0.2) is 0 Å². The Morgan fingerprint density at radius 2 is 1.38 bits per heavy atom. The second kappa shape index (κ2) is 7.01. The molecule has 0 aliphatic carbocycles. The molecule has 4 aromatic carbocycles. The van der Waals surface area contributed by atoms with E-state index < -0.39 is 18.3 Å². The standard InChI is InChI=1S/C28H26BNO4/c1-27(2)28(3,4)34-29(33-27)17-10-11-18-16(15-17)9-13-22(31)25(18)26-23(32)14-12-21-24(26)19-7-5-6-8-20(19)30-21/h5-15,30-32H,1-4H3. The van der Waals surface area contributed by atoms with Gasteiger partial charge in [-0.1, -0.05) is 42.5 Å². The first kappa shape index (κ1) is 21.1. The topological polar surface area (TPSA) is 74.7 Å². The van der Waals surface area contributed by atoms with E-state index >= 15 is 0 Å². The zero-order valence-electron chi connectivity index (χ0n) is 19.6. The monoisotopic (exact) mass is 451 g/mol. The summed E-state index contributed by atoms with van der Waals surface area (Å²) in [6, 6.07) is 21.1. The molecule has 3 N–H and O–H groups in total. The lowest BCUT2D eigenvalue weighted by molar-refractivity contribution is 0.00578. The number of phenolic OH excluding ortho intramolecular Hbond substituents is 2. The van der Waals surface area contributed by atoms with Crippen LogP contribution in [-0.4, -0.2) is 33.5 Å². The molecule has 0 amide bonds. The lowest BCUT2D eigenvalue weighted by Crippen LogP contribution is -2.41. The first-order chi connectivity index (χ1) is 16.2. The van der Waals surface area contributed by atoms with Gasteiger partial charge in [0.25, 0.3) is 0 Å². The highest BCUT2D eigenvalue weighted by atomic mass is 16.7. The van der Waals surface area contributed by atoms with Crippen LogP contribution in [0.5, 0.6) is 11.5 Å². The predicted molar refractivity (Wildman–Crippen MR) is 138 cm³/mol. The fourth-order valence-corrected chi connectivity index (χ4v) is 4.91. The summed E-state index contributed by atoms with van der Waals surface area (Å²) in [7, 11) is -0.475. The summed E-state index contributed by atoms with van der Waals surface area (Å²) in [5.41, 5.74) is 3.16. The van der Waals surface area contributed by atoms with Gasteiger partial charge in [0.15, 0.2) is 0 Å². The lowest BCUT2D eigenvalue weighted by Gasteiger charge is -2.32. The molecule has 1 fully saturated rings. The van der Waals surface area contributed by atoms with E-state index in [9.17, 15) is 10.2 Å². The third kappa shape index (κ3) is 2.95.